The molecule has 0 radical (unpaired) electrons. The van der Waals surface area contributed by atoms with Crippen LogP contribution in [-0.2, 0) is 6.54 Å². The number of pyridine rings is 1. The molecule has 0 atom stereocenters. The van der Waals surface area contributed by atoms with Gasteiger partial charge in [-0.15, -0.1) is 0 Å². The number of hydrogen-bond donors (Lipinski definition) is 1. The summed E-state index contributed by atoms with van der Waals surface area (Å²) in [4.78, 5) is 6.84. The summed E-state index contributed by atoms with van der Waals surface area (Å²) in [6.07, 6.45) is 0. The van der Waals surface area contributed by atoms with Gasteiger partial charge in [-0.25, -0.2) is 0 Å². The molecule has 1 N–H and O–H groups in total. The summed E-state index contributed by atoms with van der Waals surface area (Å²) >= 11 is 0. The lowest BCUT2D eigenvalue weighted by Gasteiger charge is -2.18. The molecule has 0 saturated carbocycles. The zero-order valence-electron chi connectivity index (χ0n) is 12.2. The number of aliphatic hydroxyl groups excluding tert-OH is 1. The van der Waals surface area contributed by atoms with Crippen LogP contribution >= 0.6 is 0 Å². The van der Waals surface area contributed by atoms with E-state index in [1.807, 2.05) is 31.2 Å². The summed E-state index contributed by atoms with van der Waals surface area (Å²) in [5.74, 6) is 0.880. The van der Waals surface area contributed by atoms with Crippen LogP contribution in [0, 0.1) is 0 Å². The van der Waals surface area contributed by atoms with Gasteiger partial charge in [0.25, 0.3) is 0 Å². The average molecular weight is 274 g/mol. The van der Waals surface area contributed by atoms with Crippen LogP contribution in [0.4, 0.5) is 0 Å². The molecule has 0 aliphatic heterocycles. The summed E-state index contributed by atoms with van der Waals surface area (Å²) in [5, 5.41) is 10.1. The van der Waals surface area contributed by atoms with Crippen LogP contribution in [0.15, 0.2) is 30.3 Å². The predicted molar refractivity (Wildman–Crippen MR) is 80.9 cm³/mol. The van der Waals surface area contributed by atoms with Gasteiger partial charge in [0, 0.05) is 18.5 Å². The molecule has 0 aliphatic rings. The number of hydrogen-bond acceptors (Lipinski definition) is 4. The maximum absolute atomic E-state index is 9.02. The Morgan fingerprint density at radius 2 is 2.05 bits per heavy atom. The van der Waals surface area contributed by atoms with Crippen molar-refractivity contribution in [2.75, 3.05) is 26.3 Å². The zero-order valence-corrected chi connectivity index (χ0v) is 12.2. The molecule has 4 nitrogen and oxygen atoms in total. The number of aromatic nitrogens is 1. The number of fused-ring (bicyclic) bond motifs is 1. The molecule has 2 rings (SSSR count). The Kier molecular flexibility index (Phi) is 5.32. The molecule has 0 unspecified atom stereocenters. The molecule has 0 spiro atoms. The molecule has 0 amide bonds. The fourth-order valence-corrected chi connectivity index (χ4v) is 2.21. The van der Waals surface area contributed by atoms with Gasteiger partial charge in [-0.05, 0) is 37.7 Å². The minimum atomic E-state index is 0.180. The van der Waals surface area contributed by atoms with Gasteiger partial charge < -0.3 is 9.84 Å². The predicted octanol–water partition coefficient (Wildman–Crippen LogP) is 2.45. The average Bonchev–Trinajstić information content (AvgIpc) is 2.47. The molecule has 0 fully saturated rings. The molecule has 0 saturated heterocycles. The molecular weight excluding hydrogens is 252 g/mol. The van der Waals surface area contributed by atoms with Crippen LogP contribution in [0.5, 0.6) is 5.75 Å². The van der Waals surface area contributed by atoms with E-state index in [0.29, 0.717) is 13.2 Å². The minimum absolute atomic E-state index is 0.180. The number of ether oxygens (including phenoxy) is 1. The van der Waals surface area contributed by atoms with E-state index in [-0.39, 0.29) is 6.61 Å². The van der Waals surface area contributed by atoms with Crippen LogP contribution < -0.4 is 4.74 Å². The number of benzene rings is 1. The van der Waals surface area contributed by atoms with Crippen molar-refractivity contribution in [3.8, 4) is 5.75 Å². The van der Waals surface area contributed by atoms with E-state index in [9.17, 15) is 0 Å². The third-order valence-electron chi connectivity index (χ3n) is 3.28. The Balaban J connectivity index is 2.18. The lowest BCUT2D eigenvalue weighted by atomic mass is 10.2. The first-order chi connectivity index (χ1) is 9.76. The highest BCUT2D eigenvalue weighted by Gasteiger charge is 2.05. The number of aliphatic hydroxyl groups is 1. The Morgan fingerprint density at radius 1 is 1.20 bits per heavy atom. The highest BCUT2D eigenvalue weighted by molar-refractivity contribution is 5.80. The second-order valence-electron chi connectivity index (χ2n) is 4.68. The highest BCUT2D eigenvalue weighted by Crippen LogP contribution is 2.20. The standard InChI is InChI=1S/C16H22N2O2/c1-3-18(9-10-19)12-14-6-5-13-11-15(20-4-2)7-8-16(13)17-14/h5-8,11,19H,3-4,9-10,12H2,1-2H3. The Bertz CT molecular complexity index is 557. The molecule has 4 heteroatoms. The van der Waals surface area contributed by atoms with Gasteiger partial charge in [0.15, 0.2) is 0 Å². The van der Waals surface area contributed by atoms with Crippen molar-refractivity contribution in [1.82, 2.24) is 9.88 Å². The number of rotatable bonds is 7. The van der Waals surface area contributed by atoms with Gasteiger partial charge >= 0.3 is 0 Å². The second-order valence-corrected chi connectivity index (χ2v) is 4.68. The molecule has 1 aromatic carbocycles. The third kappa shape index (κ3) is 3.68. The van der Waals surface area contributed by atoms with Crippen molar-refractivity contribution < 1.29 is 9.84 Å². The zero-order chi connectivity index (χ0) is 14.4. The highest BCUT2D eigenvalue weighted by atomic mass is 16.5. The van der Waals surface area contributed by atoms with Crippen molar-refractivity contribution in [3.05, 3.63) is 36.0 Å². The molecule has 1 aromatic heterocycles. The van der Waals surface area contributed by atoms with Crippen LogP contribution in [0.2, 0.25) is 0 Å². The van der Waals surface area contributed by atoms with Crippen molar-refractivity contribution in [3.63, 3.8) is 0 Å². The Labute approximate surface area is 120 Å². The normalized spacial score (nSPS) is 11.2. The second kappa shape index (κ2) is 7.22. The van der Waals surface area contributed by atoms with Gasteiger partial charge in [-0.3, -0.25) is 9.88 Å². The molecule has 0 aliphatic carbocycles. The van der Waals surface area contributed by atoms with Crippen LogP contribution in [0.3, 0.4) is 0 Å². The molecule has 0 bridgehead atoms. The molecule has 1 heterocycles. The molecule has 108 valence electrons. The SMILES string of the molecule is CCOc1ccc2nc(CN(CC)CCO)ccc2c1. The fourth-order valence-electron chi connectivity index (χ4n) is 2.21. The molecule has 20 heavy (non-hydrogen) atoms. The summed E-state index contributed by atoms with van der Waals surface area (Å²) in [7, 11) is 0. The van der Waals surface area contributed by atoms with Crippen molar-refractivity contribution in [1.29, 1.82) is 0 Å². The fraction of sp³-hybridized carbons (Fsp3) is 0.438. The third-order valence-corrected chi connectivity index (χ3v) is 3.28. The smallest absolute Gasteiger partial charge is 0.120 e. The van der Waals surface area contributed by atoms with Gasteiger partial charge in [0.1, 0.15) is 5.75 Å². The number of likely N-dealkylation sites (N-methyl/N-ethyl adjacent to an activating group) is 1. The lowest BCUT2D eigenvalue weighted by molar-refractivity contribution is 0.195. The minimum Gasteiger partial charge on any atom is -0.494 e. The van der Waals surface area contributed by atoms with E-state index in [4.69, 9.17) is 9.84 Å². The first-order valence-electron chi connectivity index (χ1n) is 7.12. The van der Waals surface area contributed by atoms with Gasteiger partial charge in [-0.2, -0.15) is 0 Å². The van der Waals surface area contributed by atoms with Crippen LogP contribution in [0.1, 0.15) is 19.5 Å². The van der Waals surface area contributed by atoms with E-state index < -0.39 is 0 Å². The molecule has 2 aromatic rings. The summed E-state index contributed by atoms with van der Waals surface area (Å²) < 4.78 is 5.49. The van der Waals surface area contributed by atoms with E-state index in [0.717, 1.165) is 35.4 Å². The van der Waals surface area contributed by atoms with Gasteiger partial charge in [0.05, 0.1) is 24.4 Å². The summed E-state index contributed by atoms with van der Waals surface area (Å²) in [6.45, 7) is 7.27. The van der Waals surface area contributed by atoms with E-state index in [2.05, 4.69) is 22.9 Å². The van der Waals surface area contributed by atoms with Gasteiger partial charge in [-0.1, -0.05) is 13.0 Å². The Hall–Kier alpha value is -1.65. The lowest BCUT2D eigenvalue weighted by Crippen LogP contribution is -2.26. The Morgan fingerprint density at radius 3 is 2.75 bits per heavy atom. The summed E-state index contributed by atoms with van der Waals surface area (Å²) in [6, 6.07) is 10.1. The van der Waals surface area contributed by atoms with Crippen molar-refractivity contribution in [2.24, 2.45) is 0 Å². The van der Waals surface area contributed by atoms with Crippen LogP contribution in [0.25, 0.3) is 10.9 Å². The molecular formula is C16H22N2O2. The van der Waals surface area contributed by atoms with E-state index >= 15 is 0 Å². The van der Waals surface area contributed by atoms with Gasteiger partial charge in [0.2, 0.25) is 0 Å². The van der Waals surface area contributed by atoms with Crippen molar-refractivity contribution >= 4 is 10.9 Å². The largest absolute Gasteiger partial charge is 0.494 e. The van der Waals surface area contributed by atoms with E-state index in [1.165, 1.54) is 0 Å². The summed E-state index contributed by atoms with van der Waals surface area (Å²) in [5.41, 5.74) is 2.00. The quantitative estimate of drug-likeness (QED) is 0.842. The number of nitrogens with zero attached hydrogens (tertiary/aromatic N) is 2. The van der Waals surface area contributed by atoms with Crippen LogP contribution in [-0.4, -0.2) is 41.3 Å². The maximum atomic E-state index is 9.02. The first kappa shape index (κ1) is 14.8. The topological polar surface area (TPSA) is 45.6 Å². The monoisotopic (exact) mass is 274 g/mol. The maximum Gasteiger partial charge on any atom is 0.120 e. The first-order valence-corrected chi connectivity index (χ1v) is 7.12. The van der Waals surface area contributed by atoms with Crippen molar-refractivity contribution in [2.45, 2.75) is 20.4 Å². The van der Waals surface area contributed by atoms with E-state index in [1.54, 1.807) is 0 Å².